The summed E-state index contributed by atoms with van der Waals surface area (Å²) in [6, 6.07) is 9.24. The second-order valence-corrected chi connectivity index (χ2v) is 10.3. The smallest absolute Gasteiger partial charge is 0.229 e. The van der Waals surface area contributed by atoms with E-state index in [0.717, 1.165) is 12.3 Å². The second kappa shape index (κ2) is 9.95. The van der Waals surface area contributed by atoms with Gasteiger partial charge in [-0.2, -0.15) is 0 Å². The van der Waals surface area contributed by atoms with Gasteiger partial charge in [-0.3, -0.25) is 5.41 Å². The number of amidine groups is 1. The van der Waals surface area contributed by atoms with Crippen molar-refractivity contribution in [2.45, 2.75) is 30.8 Å². The lowest BCUT2D eigenvalue weighted by Gasteiger charge is -2.33. The Kier molecular flexibility index (Phi) is 6.97. The van der Waals surface area contributed by atoms with Crippen LogP contribution in [0.3, 0.4) is 0 Å². The first kappa shape index (κ1) is 24.5. The van der Waals surface area contributed by atoms with E-state index in [4.69, 9.17) is 14.9 Å². The van der Waals surface area contributed by atoms with Crippen molar-refractivity contribution in [1.29, 1.82) is 5.41 Å². The van der Waals surface area contributed by atoms with Crippen LogP contribution in [0.1, 0.15) is 24.0 Å². The van der Waals surface area contributed by atoms with E-state index < -0.39 is 15.7 Å². The highest BCUT2D eigenvalue weighted by Gasteiger charge is 2.25. The van der Waals surface area contributed by atoms with Crippen LogP contribution in [0.25, 0.3) is 0 Å². The molecular weight excluding hydrogens is 478 g/mol. The second-order valence-electron chi connectivity index (χ2n) is 8.24. The number of nitrogens with zero attached hydrogens (tertiary/aromatic N) is 3. The Morgan fingerprint density at radius 2 is 1.71 bits per heavy atom. The molecule has 0 unspecified atom stereocenters. The van der Waals surface area contributed by atoms with E-state index >= 15 is 0 Å². The average Bonchev–Trinajstić information content (AvgIpc) is 2.82. The summed E-state index contributed by atoms with van der Waals surface area (Å²) in [5, 5.41) is 8.38. The molecule has 1 aliphatic heterocycles. The fourth-order valence-corrected chi connectivity index (χ4v) is 4.32. The van der Waals surface area contributed by atoms with E-state index in [1.807, 2.05) is 4.90 Å². The van der Waals surface area contributed by atoms with Crippen LogP contribution in [-0.2, 0) is 9.84 Å². The highest BCUT2D eigenvalue weighted by Crippen LogP contribution is 2.31. The summed E-state index contributed by atoms with van der Waals surface area (Å²) in [5.41, 5.74) is 1.12. The van der Waals surface area contributed by atoms with Gasteiger partial charge in [0.15, 0.2) is 21.4 Å². The third kappa shape index (κ3) is 5.73. The maximum atomic E-state index is 14.4. The van der Waals surface area contributed by atoms with E-state index in [0.29, 0.717) is 48.8 Å². The van der Waals surface area contributed by atoms with Crippen LogP contribution in [0.2, 0.25) is 0 Å². The molecular formula is C24H24F2N4O4S. The highest BCUT2D eigenvalue weighted by atomic mass is 32.2. The Bertz CT molecular complexity index is 1340. The minimum Gasteiger partial charge on any atom is -0.474 e. The minimum atomic E-state index is -3.55. The predicted octanol–water partition coefficient (Wildman–Crippen LogP) is 4.13. The highest BCUT2D eigenvalue weighted by molar-refractivity contribution is 7.90. The van der Waals surface area contributed by atoms with E-state index in [1.54, 1.807) is 19.1 Å². The number of nitrogens with one attached hydrogen (secondary N) is 1. The van der Waals surface area contributed by atoms with Gasteiger partial charge in [-0.25, -0.2) is 27.2 Å². The van der Waals surface area contributed by atoms with Gasteiger partial charge >= 0.3 is 0 Å². The van der Waals surface area contributed by atoms with Gasteiger partial charge < -0.3 is 14.4 Å². The Balaban J connectivity index is 1.40. The van der Waals surface area contributed by atoms with Crippen molar-refractivity contribution in [2.24, 2.45) is 0 Å². The molecule has 8 nitrogen and oxygen atoms in total. The number of sulfone groups is 1. The number of piperidine rings is 1. The topological polar surface area (TPSA) is 105 Å². The molecule has 0 amide bonds. The zero-order valence-corrected chi connectivity index (χ0v) is 20.0. The molecule has 35 heavy (non-hydrogen) atoms. The van der Waals surface area contributed by atoms with E-state index in [9.17, 15) is 17.2 Å². The third-order valence-electron chi connectivity index (χ3n) is 5.68. The van der Waals surface area contributed by atoms with Gasteiger partial charge in [0.1, 0.15) is 24.1 Å². The predicted molar refractivity (Wildman–Crippen MR) is 125 cm³/mol. The van der Waals surface area contributed by atoms with Crippen molar-refractivity contribution >= 4 is 15.7 Å². The van der Waals surface area contributed by atoms with Crippen molar-refractivity contribution in [2.75, 3.05) is 19.3 Å². The maximum Gasteiger partial charge on any atom is 0.229 e. The molecule has 4 rings (SSSR count). The fraction of sp³-hybridized carbons (Fsp3) is 0.292. The summed E-state index contributed by atoms with van der Waals surface area (Å²) in [7, 11) is -3.55. The lowest BCUT2D eigenvalue weighted by molar-refractivity contribution is 0.124. The van der Waals surface area contributed by atoms with Crippen LogP contribution in [0, 0.1) is 24.0 Å². The molecule has 1 N–H and O–H groups in total. The molecule has 2 heterocycles. The molecule has 0 bridgehead atoms. The van der Waals surface area contributed by atoms with E-state index in [2.05, 4.69) is 9.97 Å². The van der Waals surface area contributed by atoms with Gasteiger partial charge in [0.2, 0.25) is 11.8 Å². The number of likely N-dealkylation sites (tertiary alicyclic amines) is 1. The van der Waals surface area contributed by atoms with Crippen molar-refractivity contribution in [3.8, 4) is 17.5 Å². The van der Waals surface area contributed by atoms with Gasteiger partial charge in [0.05, 0.1) is 10.5 Å². The van der Waals surface area contributed by atoms with Crippen LogP contribution in [0.5, 0.6) is 17.5 Å². The summed E-state index contributed by atoms with van der Waals surface area (Å²) < 4.78 is 62.4. The van der Waals surface area contributed by atoms with Crippen molar-refractivity contribution in [3.63, 3.8) is 0 Å². The number of rotatable bonds is 6. The summed E-state index contributed by atoms with van der Waals surface area (Å²) in [5.74, 6) is -0.610. The van der Waals surface area contributed by atoms with Crippen LogP contribution in [-0.4, -0.2) is 54.6 Å². The quantitative estimate of drug-likeness (QED) is 0.399. The van der Waals surface area contributed by atoms with Crippen molar-refractivity contribution in [3.05, 3.63) is 71.6 Å². The van der Waals surface area contributed by atoms with Crippen LogP contribution in [0.15, 0.2) is 53.7 Å². The van der Waals surface area contributed by atoms with Crippen LogP contribution < -0.4 is 9.47 Å². The first-order chi connectivity index (χ1) is 16.6. The monoisotopic (exact) mass is 502 g/mol. The summed E-state index contributed by atoms with van der Waals surface area (Å²) in [4.78, 5) is 9.99. The Morgan fingerprint density at radius 1 is 1.06 bits per heavy atom. The number of benzene rings is 2. The first-order valence-electron chi connectivity index (χ1n) is 10.9. The molecule has 0 saturated carbocycles. The van der Waals surface area contributed by atoms with Crippen LogP contribution in [0.4, 0.5) is 8.78 Å². The van der Waals surface area contributed by atoms with Crippen LogP contribution >= 0.6 is 0 Å². The minimum absolute atomic E-state index is 0.0940. The molecule has 0 aliphatic carbocycles. The Labute approximate surface area is 202 Å². The molecule has 0 atom stereocenters. The van der Waals surface area contributed by atoms with Crippen molar-refractivity contribution < 1.29 is 26.7 Å². The molecule has 1 aliphatic rings. The number of halogens is 2. The Hall–Kier alpha value is -3.60. The molecule has 2 aromatic carbocycles. The zero-order valence-electron chi connectivity index (χ0n) is 19.2. The molecule has 11 heteroatoms. The van der Waals surface area contributed by atoms with Gasteiger partial charge in [-0.05, 0) is 49.4 Å². The normalized spacial score (nSPS) is 14.6. The maximum absolute atomic E-state index is 14.4. The summed E-state index contributed by atoms with van der Waals surface area (Å²) >= 11 is 0. The Morgan fingerprint density at radius 3 is 2.34 bits per heavy atom. The average molecular weight is 503 g/mol. The van der Waals surface area contributed by atoms with Gasteiger partial charge in [0.25, 0.3) is 0 Å². The van der Waals surface area contributed by atoms with Gasteiger partial charge in [0, 0.05) is 37.8 Å². The SMILES string of the molecule is Cc1c(Oc2ccc(S(C)(=O)=O)cc2F)ncnc1OC1CCN(C(=N)c2ccc(F)cc2)CC1. The molecule has 3 aromatic rings. The molecule has 0 spiro atoms. The molecule has 1 saturated heterocycles. The summed E-state index contributed by atoms with van der Waals surface area (Å²) in [6.45, 7) is 2.87. The number of ether oxygens (including phenoxy) is 2. The molecule has 184 valence electrons. The third-order valence-corrected chi connectivity index (χ3v) is 6.79. The molecule has 0 radical (unpaired) electrons. The molecule has 1 aromatic heterocycles. The zero-order chi connectivity index (χ0) is 25.2. The van der Waals surface area contributed by atoms with Gasteiger partial charge in [-0.1, -0.05) is 0 Å². The first-order valence-corrected chi connectivity index (χ1v) is 12.8. The summed E-state index contributed by atoms with van der Waals surface area (Å²) in [6.07, 6.45) is 3.38. The van der Waals surface area contributed by atoms with E-state index in [-0.39, 0.29) is 28.4 Å². The fourth-order valence-electron chi connectivity index (χ4n) is 3.69. The lowest BCUT2D eigenvalue weighted by atomic mass is 10.1. The number of hydrogen-bond donors (Lipinski definition) is 1. The van der Waals surface area contributed by atoms with E-state index in [1.165, 1.54) is 30.6 Å². The van der Waals surface area contributed by atoms with Gasteiger partial charge in [-0.15, -0.1) is 0 Å². The molecule has 1 fully saturated rings. The standard InChI is InChI=1S/C24H24F2N4O4S/c1-15-23(28-14-29-24(15)34-21-8-7-19(13-20(21)26)35(2,31)32)33-18-9-11-30(12-10-18)22(27)16-3-5-17(25)6-4-16/h3-8,13-14,18,27H,9-12H2,1-2H3. The largest absolute Gasteiger partial charge is 0.474 e. The van der Waals surface area contributed by atoms with Crippen molar-refractivity contribution in [1.82, 2.24) is 14.9 Å². The lowest BCUT2D eigenvalue weighted by Crippen LogP contribution is -2.42. The number of hydrogen-bond acceptors (Lipinski definition) is 7. The number of aromatic nitrogens is 2.